The molecule has 0 aliphatic carbocycles. The van der Waals surface area contributed by atoms with Crippen molar-refractivity contribution >= 4 is 38.5 Å². The summed E-state index contributed by atoms with van der Waals surface area (Å²) in [5, 5.41) is 0. The second kappa shape index (κ2) is 14.7. The van der Waals surface area contributed by atoms with Gasteiger partial charge in [-0.2, -0.15) is 0 Å². The van der Waals surface area contributed by atoms with Crippen LogP contribution in [0.2, 0.25) is 0 Å². The van der Waals surface area contributed by atoms with Gasteiger partial charge in [0, 0.05) is 8.04 Å². The minimum atomic E-state index is 0.554. The average Bonchev–Trinajstić information content (AvgIpc) is 2.74. The van der Waals surface area contributed by atoms with Gasteiger partial charge in [0.1, 0.15) is 0 Å². The quantitative estimate of drug-likeness (QED) is 0.150. The van der Waals surface area contributed by atoms with Gasteiger partial charge in [0.15, 0.2) is 0 Å². The van der Waals surface area contributed by atoms with Crippen LogP contribution in [-0.2, 0) is 6.42 Å². The third-order valence-corrected chi connectivity index (χ3v) is 7.99. The van der Waals surface area contributed by atoms with E-state index >= 15 is 0 Å². The number of benzene rings is 2. The van der Waals surface area contributed by atoms with E-state index in [1.807, 2.05) is 0 Å². The summed E-state index contributed by atoms with van der Waals surface area (Å²) < 4.78 is 2.64. The molecule has 0 heterocycles. The van der Waals surface area contributed by atoms with Crippen LogP contribution < -0.4 is 0 Å². The summed E-state index contributed by atoms with van der Waals surface area (Å²) in [6.07, 6.45) is 14.5. The van der Waals surface area contributed by atoms with Crippen LogP contribution in [0.3, 0.4) is 0 Å². The van der Waals surface area contributed by atoms with Crippen LogP contribution in [0.15, 0.2) is 40.9 Å². The smallest absolute Gasteiger partial charge is 0.0212 e. The van der Waals surface area contributed by atoms with Crippen molar-refractivity contribution in [1.29, 1.82) is 0 Å². The minimum absolute atomic E-state index is 0.554. The van der Waals surface area contributed by atoms with Gasteiger partial charge in [0.05, 0.1) is 0 Å². The lowest BCUT2D eigenvalue weighted by Crippen LogP contribution is -2.07. The highest BCUT2D eigenvalue weighted by Gasteiger charge is 2.19. The van der Waals surface area contributed by atoms with E-state index in [4.69, 9.17) is 0 Å². The summed E-state index contributed by atoms with van der Waals surface area (Å²) >= 11 is 6.34. The SMILES string of the molecule is CCCCCCCCc1ccc(C(C)CC(CCCC)c2ccc(I)cc2C)c(Br)c1. The molecule has 0 aromatic heterocycles. The first kappa shape index (κ1) is 26.9. The zero-order chi connectivity index (χ0) is 22.6. The molecule has 2 heteroatoms. The first-order valence-electron chi connectivity index (χ1n) is 12.5. The third-order valence-electron chi connectivity index (χ3n) is 6.63. The van der Waals surface area contributed by atoms with E-state index in [1.54, 1.807) is 5.56 Å². The Kier molecular flexibility index (Phi) is 12.8. The number of unbranched alkanes of at least 4 members (excludes halogenated alkanes) is 6. The third kappa shape index (κ3) is 9.20. The molecule has 172 valence electrons. The Morgan fingerprint density at radius 3 is 2.19 bits per heavy atom. The van der Waals surface area contributed by atoms with E-state index in [-0.39, 0.29) is 0 Å². The normalized spacial score (nSPS) is 13.4. The fourth-order valence-corrected chi connectivity index (χ4v) is 6.20. The molecule has 0 saturated heterocycles. The van der Waals surface area contributed by atoms with Gasteiger partial charge < -0.3 is 0 Å². The molecule has 0 amide bonds. The average molecular weight is 597 g/mol. The number of rotatable bonds is 14. The number of hydrogen-bond acceptors (Lipinski definition) is 0. The zero-order valence-corrected chi connectivity index (χ0v) is 23.9. The highest BCUT2D eigenvalue weighted by molar-refractivity contribution is 14.1. The number of halogens is 2. The molecular weight excluding hydrogens is 555 g/mol. The Hall–Kier alpha value is -0.350. The van der Waals surface area contributed by atoms with Gasteiger partial charge in [-0.3, -0.25) is 0 Å². The Bertz CT molecular complexity index is 782. The van der Waals surface area contributed by atoms with Gasteiger partial charge in [-0.1, -0.05) is 99.8 Å². The summed E-state index contributed by atoms with van der Waals surface area (Å²) in [4.78, 5) is 0. The predicted molar refractivity (Wildman–Crippen MR) is 150 cm³/mol. The summed E-state index contributed by atoms with van der Waals surface area (Å²) in [6, 6.07) is 14.1. The Labute approximate surface area is 214 Å². The van der Waals surface area contributed by atoms with Crippen LogP contribution >= 0.6 is 38.5 Å². The molecule has 2 aromatic rings. The maximum Gasteiger partial charge on any atom is 0.0212 e. The highest BCUT2D eigenvalue weighted by atomic mass is 127. The number of hydrogen-bond donors (Lipinski definition) is 0. The first-order valence-corrected chi connectivity index (χ1v) is 14.4. The summed E-state index contributed by atoms with van der Waals surface area (Å²) in [5.74, 6) is 1.19. The van der Waals surface area contributed by atoms with Crippen molar-refractivity contribution < 1.29 is 0 Å². The molecule has 2 aromatic carbocycles. The van der Waals surface area contributed by atoms with E-state index in [2.05, 4.69) is 103 Å². The zero-order valence-electron chi connectivity index (χ0n) is 20.2. The van der Waals surface area contributed by atoms with Crippen LogP contribution in [0.4, 0.5) is 0 Å². The van der Waals surface area contributed by atoms with E-state index in [9.17, 15) is 0 Å². The minimum Gasteiger partial charge on any atom is -0.0654 e. The summed E-state index contributed by atoms with van der Waals surface area (Å²) in [5.41, 5.74) is 5.95. The second-order valence-corrected chi connectivity index (χ2v) is 11.5. The van der Waals surface area contributed by atoms with E-state index in [0.717, 1.165) is 0 Å². The van der Waals surface area contributed by atoms with Crippen molar-refractivity contribution in [3.05, 3.63) is 66.7 Å². The Morgan fingerprint density at radius 2 is 1.52 bits per heavy atom. The maximum atomic E-state index is 3.91. The molecule has 2 rings (SSSR count). The van der Waals surface area contributed by atoms with Gasteiger partial charge in [-0.05, 0) is 107 Å². The lowest BCUT2D eigenvalue weighted by Gasteiger charge is -2.24. The second-order valence-electron chi connectivity index (χ2n) is 9.35. The van der Waals surface area contributed by atoms with Crippen LogP contribution in [0.25, 0.3) is 0 Å². The molecule has 2 atom stereocenters. The topological polar surface area (TPSA) is 0 Å². The molecule has 0 fully saturated rings. The molecule has 0 aliphatic heterocycles. The van der Waals surface area contributed by atoms with Crippen LogP contribution in [-0.4, -0.2) is 0 Å². The van der Waals surface area contributed by atoms with Crippen molar-refractivity contribution in [2.75, 3.05) is 0 Å². The molecule has 0 radical (unpaired) electrons. The van der Waals surface area contributed by atoms with Crippen LogP contribution in [0.1, 0.15) is 119 Å². The van der Waals surface area contributed by atoms with E-state index in [0.29, 0.717) is 11.8 Å². The van der Waals surface area contributed by atoms with Crippen molar-refractivity contribution in [2.45, 2.75) is 110 Å². The molecule has 0 N–H and O–H groups in total. The van der Waals surface area contributed by atoms with Gasteiger partial charge in [0.2, 0.25) is 0 Å². The highest BCUT2D eigenvalue weighted by Crippen LogP contribution is 2.37. The lowest BCUT2D eigenvalue weighted by atomic mass is 9.81. The Morgan fingerprint density at radius 1 is 0.839 bits per heavy atom. The molecule has 0 nitrogen and oxygen atoms in total. The van der Waals surface area contributed by atoms with Crippen LogP contribution in [0, 0.1) is 10.5 Å². The molecule has 0 aliphatic rings. The maximum absolute atomic E-state index is 3.91. The van der Waals surface area contributed by atoms with E-state index < -0.39 is 0 Å². The predicted octanol–water partition coefficient (Wildman–Crippen LogP) is 10.7. The lowest BCUT2D eigenvalue weighted by molar-refractivity contribution is 0.503. The van der Waals surface area contributed by atoms with Crippen molar-refractivity contribution in [3.8, 4) is 0 Å². The Balaban J connectivity index is 2.01. The van der Waals surface area contributed by atoms with Crippen LogP contribution in [0.5, 0.6) is 0 Å². The molecule has 31 heavy (non-hydrogen) atoms. The van der Waals surface area contributed by atoms with Gasteiger partial charge >= 0.3 is 0 Å². The van der Waals surface area contributed by atoms with Gasteiger partial charge in [-0.15, -0.1) is 0 Å². The van der Waals surface area contributed by atoms with Gasteiger partial charge in [-0.25, -0.2) is 0 Å². The van der Waals surface area contributed by atoms with E-state index in [1.165, 1.54) is 95.4 Å². The number of aryl methyl sites for hydroxylation is 2. The molecule has 0 spiro atoms. The standard InChI is InChI=1S/C29H42BrI/c1-5-7-9-10-11-12-13-24-15-17-28(29(30)21-24)22(3)19-25(14-8-6-2)27-18-16-26(31)20-23(27)4/h15-18,20-22,25H,5-14,19H2,1-4H3. The van der Waals surface area contributed by atoms with Crippen molar-refractivity contribution in [2.24, 2.45) is 0 Å². The van der Waals surface area contributed by atoms with Crippen molar-refractivity contribution in [3.63, 3.8) is 0 Å². The fourth-order valence-electron chi connectivity index (χ4n) is 4.74. The summed E-state index contributed by atoms with van der Waals surface area (Å²) in [7, 11) is 0. The van der Waals surface area contributed by atoms with Gasteiger partial charge in [0.25, 0.3) is 0 Å². The first-order chi connectivity index (χ1) is 15.0. The molecular formula is C29H42BrI. The molecule has 0 saturated carbocycles. The monoisotopic (exact) mass is 596 g/mol. The molecule has 0 bridgehead atoms. The largest absolute Gasteiger partial charge is 0.0654 e. The molecule has 2 unspecified atom stereocenters. The summed E-state index contributed by atoms with van der Waals surface area (Å²) in [6.45, 7) is 9.29. The van der Waals surface area contributed by atoms with Crippen molar-refractivity contribution in [1.82, 2.24) is 0 Å². The fraction of sp³-hybridized carbons (Fsp3) is 0.586.